The fourth-order valence-electron chi connectivity index (χ4n) is 3.52. The van der Waals surface area contributed by atoms with Gasteiger partial charge in [0.2, 0.25) is 5.91 Å². The molecule has 0 unspecified atom stereocenters. The number of aryl methyl sites for hydroxylation is 2. The Labute approximate surface area is 155 Å². The van der Waals surface area contributed by atoms with Crippen LogP contribution in [0.3, 0.4) is 0 Å². The van der Waals surface area contributed by atoms with Gasteiger partial charge in [-0.3, -0.25) is 14.4 Å². The number of nitrogens with zero attached hydrogens (tertiary/aromatic N) is 3. The van der Waals surface area contributed by atoms with Gasteiger partial charge in [0.15, 0.2) is 5.78 Å². The van der Waals surface area contributed by atoms with Crippen molar-refractivity contribution in [1.29, 1.82) is 0 Å². The average Bonchev–Trinajstić information content (AvgIpc) is 3.04. The van der Waals surface area contributed by atoms with Crippen LogP contribution in [-0.4, -0.2) is 25.9 Å². The molecular formula is C20H20N4O3. The lowest BCUT2D eigenvalue weighted by Crippen LogP contribution is -2.28. The number of amides is 1. The lowest BCUT2D eigenvalue weighted by Gasteiger charge is -2.10. The quantitative estimate of drug-likeness (QED) is 0.719. The van der Waals surface area contributed by atoms with E-state index in [0.29, 0.717) is 16.8 Å². The number of benzene rings is 1. The molecule has 0 aliphatic heterocycles. The normalized spacial score (nSPS) is 13.4. The van der Waals surface area contributed by atoms with Gasteiger partial charge < -0.3 is 9.88 Å². The van der Waals surface area contributed by atoms with Crippen LogP contribution in [0.1, 0.15) is 41.4 Å². The summed E-state index contributed by atoms with van der Waals surface area (Å²) in [4.78, 5) is 36.5. The molecule has 4 rings (SSSR count). The molecule has 1 aliphatic rings. The van der Waals surface area contributed by atoms with Gasteiger partial charge in [0.25, 0.3) is 5.56 Å². The topological polar surface area (TPSA) is 85.5 Å². The number of Topliss-reactive ketones (excluding diaryl/α,β-unsaturated/α-hetero) is 1. The van der Waals surface area contributed by atoms with Crippen LogP contribution >= 0.6 is 0 Å². The summed E-state index contributed by atoms with van der Waals surface area (Å²) in [5.74, 6) is -0.331. The van der Waals surface area contributed by atoms with Gasteiger partial charge in [0, 0.05) is 29.2 Å². The summed E-state index contributed by atoms with van der Waals surface area (Å²) in [7, 11) is 0. The number of anilines is 1. The molecule has 1 amide bonds. The number of ketones is 1. The third-order valence-corrected chi connectivity index (χ3v) is 4.92. The van der Waals surface area contributed by atoms with Gasteiger partial charge in [0.1, 0.15) is 12.1 Å². The van der Waals surface area contributed by atoms with Gasteiger partial charge in [-0.2, -0.15) is 5.10 Å². The van der Waals surface area contributed by atoms with Crippen LogP contribution in [0.2, 0.25) is 0 Å². The number of nitrogens with one attached hydrogen (secondary N) is 1. The molecule has 1 aromatic carbocycles. The van der Waals surface area contributed by atoms with E-state index in [1.807, 2.05) is 0 Å². The van der Waals surface area contributed by atoms with Crippen LogP contribution in [-0.2, 0) is 24.2 Å². The molecule has 0 saturated carbocycles. The van der Waals surface area contributed by atoms with Crippen LogP contribution in [0.15, 0.2) is 41.5 Å². The monoisotopic (exact) mass is 364 g/mol. The zero-order chi connectivity index (χ0) is 19.0. The first-order valence-electron chi connectivity index (χ1n) is 9.03. The molecule has 27 heavy (non-hydrogen) atoms. The second-order valence-corrected chi connectivity index (χ2v) is 6.84. The molecule has 0 atom stereocenters. The van der Waals surface area contributed by atoms with E-state index in [9.17, 15) is 14.4 Å². The van der Waals surface area contributed by atoms with E-state index in [2.05, 4.69) is 10.4 Å². The van der Waals surface area contributed by atoms with E-state index < -0.39 is 0 Å². The Hall–Kier alpha value is -3.22. The molecule has 3 aromatic rings. The fourth-order valence-corrected chi connectivity index (χ4v) is 3.52. The number of carbonyl (C=O) groups is 2. The molecule has 0 spiro atoms. The number of hydrogen-bond donors (Lipinski definition) is 1. The molecule has 2 heterocycles. The molecule has 0 saturated heterocycles. The Balaban J connectivity index is 1.56. The Morgan fingerprint density at radius 3 is 2.59 bits per heavy atom. The SMILES string of the molecule is CC(=O)c1ccc(NC(=O)Cn2ccn3nc4c(c3c2=O)CCCC4)cc1. The zero-order valence-electron chi connectivity index (χ0n) is 15.1. The van der Waals surface area contributed by atoms with Crippen LogP contribution in [0.25, 0.3) is 5.52 Å². The first kappa shape index (κ1) is 17.2. The summed E-state index contributed by atoms with van der Waals surface area (Å²) < 4.78 is 3.04. The third kappa shape index (κ3) is 3.28. The molecule has 0 radical (unpaired) electrons. The van der Waals surface area contributed by atoms with Crippen molar-refractivity contribution in [3.8, 4) is 0 Å². The van der Waals surface area contributed by atoms with Crippen LogP contribution < -0.4 is 10.9 Å². The molecule has 7 nitrogen and oxygen atoms in total. The molecule has 2 aromatic heterocycles. The van der Waals surface area contributed by atoms with E-state index in [4.69, 9.17) is 0 Å². The maximum Gasteiger partial charge on any atom is 0.277 e. The minimum atomic E-state index is -0.301. The average molecular weight is 364 g/mol. The van der Waals surface area contributed by atoms with Crippen molar-refractivity contribution in [2.75, 3.05) is 5.32 Å². The van der Waals surface area contributed by atoms with Gasteiger partial charge in [-0.15, -0.1) is 0 Å². The second kappa shape index (κ2) is 6.83. The van der Waals surface area contributed by atoms with Crippen molar-refractivity contribution in [2.45, 2.75) is 39.2 Å². The number of aromatic nitrogens is 3. The fraction of sp³-hybridized carbons (Fsp3) is 0.300. The zero-order valence-corrected chi connectivity index (χ0v) is 15.1. The van der Waals surface area contributed by atoms with E-state index >= 15 is 0 Å². The summed E-state index contributed by atoms with van der Waals surface area (Å²) >= 11 is 0. The smallest absolute Gasteiger partial charge is 0.277 e. The maximum atomic E-state index is 12.9. The lowest BCUT2D eigenvalue weighted by molar-refractivity contribution is -0.116. The minimum absolute atomic E-state index is 0.0307. The first-order chi connectivity index (χ1) is 13.0. The van der Waals surface area contributed by atoms with Crippen LogP contribution in [0, 0.1) is 0 Å². The minimum Gasteiger partial charge on any atom is -0.325 e. The molecule has 7 heteroatoms. The predicted molar refractivity (Wildman–Crippen MR) is 101 cm³/mol. The Kier molecular flexibility index (Phi) is 4.35. The number of fused-ring (bicyclic) bond motifs is 3. The number of rotatable bonds is 4. The molecule has 1 aliphatic carbocycles. The van der Waals surface area contributed by atoms with Crippen LogP contribution in [0.4, 0.5) is 5.69 Å². The highest BCUT2D eigenvalue weighted by atomic mass is 16.2. The summed E-state index contributed by atoms with van der Waals surface area (Å²) in [6.45, 7) is 1.41. The van der Waals surface area contributed by atoms with E-state index in [0.717, 1.165) is 36.9 Å². The lowest BCUT2D eigenvalue weighted by atomic mass is 9.97. The third-order valence-electron chi connectivity index (χ3n) is 4.92. The van der Waals surface area contributed by atoms with E-state index in [1.165, 1.54) is 11.5 Å². The Bertz CT molecular complexity index is 1090. The summed E-state index contributed by atoms with van der Waals surface area (Å²) in [5.41, 5.74) is 3.55. The highest BCUT2D eigenvalue weighted by molar-refractivity contribution is 5.95. The van der Waals surface area contributed by atoms with Crippen LogP contribution in [0.5, 0.6) is 0 Å². The predicted octanol–water partition coefficient (Wildman–Crippen LogP) is 2.22. The molecule has 0 fully saturated rings. The van der Waals surface area contributed by atoms with Crippen molar-refractivity contribution in [2.24, 2.45) is 0 Å². The highest BCUT2D eigenvalue weighted by Crippen LogP contribution is 2.22. The Morgan fingerprint density at radius 2 is 1.85 bits per heavy atom. The van der Waals surface area contributed by atoms with Gasteiger partial charge in [-0.05, 0) is 56.9 Å². The molecule has 1 N–H and O–H groups in total. The van der Waals surface area contributed by atoms with E-state index in [1.54, 1.807) is 41.2 Å². The van der Waals surface area contributed by atoms with E-state index in [-0.39, 0.29) is 23.8 Å². The van der Waals surface area contributed by atoms with Gasteiger partial charge in [0.05, 0.1) is 5.69 Å². The molecule has 0 bridgehead atoms. The summed E-state index contributed by atoms with van der Waals surface area (Å²) in [6, 6.07) is 6.67. The van der Waals surface area contributed by atoms with Crippen molar-refractivity contribution in [3.63, 3.8) is 0 Å². The molecular weight excluding hydrogens is 344 g/mol. The van der Waals surface area contributed by atoms with Crippen molar-refractivity contribution < 1.29 is 9.59 Å². The number of carbonyl (C=O) groups excluding carboxylic acids is 2. The number of hydrogen-bond acceptors (Lipinski definition) is 4. The van der Waals surface area contributed by atoms with Crippen molar-refractivity contribution in [3.05, 3.63) is 63.8 Å². The first-order valence-corrected chi connectivity index (χ1v) is 9.03. The highest BCUT2D eigenvalue weighted by Gasteiger charge is 2.20. The standard InChI is InChI=1S/C20H20N4O3/c1-13(25)14-6-8-15(9-7-14)21-18(26)12-23-10-11-24-19(20(23)27)16-4-2-3-5-17(16)22-24/h6-11H,2-5,12H2,1H3,(H,21,26). The van der Waals surface area contributed by atoms with Crippen molar-refractivity contribution in [1.82, 2.24) is 14.2 Å². The van der Waals surface area contributed by atoms with Gasteiger partial charge in [-0.1, -0.05) is 0 Å². The van der Waals surface area contributed by atoms with Gasteiger partial charge >= 0.3 is 0 Å². The second-order valence-electron chi connectivity index (χ2n) is 6.84. The van der Waals surface area contributed by atoms with Gasteiger partial charge in [-0.25, -0.2) is 4.52 Å². The maximum absolute atomic E-state index is 12.9. The van der Waals surface area contributed by atoms with Crippen molar-refractivity contribution >= 4 is 22.9 Å². The Morgan fingerprint density at radius 1 is 1.11 bits per heavy atom. The summed E-state index contributed by atoms with van der Waals surface area (Å²) in [5, 5.41) is 7.26. The molecule has 138 valence electrons. The summed E-state index contributed by atoms with van der Waals surface area (Å²) in [6.07, 6.45) is 7.21. The largest absolute Gasteiger partial charge is 0.325 e.